The molecule has 1 aliphatic rings. The van der Waals surface area contributed by atoms with Gasteiger partial charge in [-0.15, -0.1) is 0 Å². The number of nitrogens with one attached hydrogen (secondary N) is 1. The molecule has 0 unspecified atom stereocenters. The number of hydrogen-bond donors (Lipinski definition) is 1. The molecule has 1 saturated heterocycles. The SMILES string of the molecule is CNC1(c2ccc(F)cc2F)CCOCC1. The zero-order valence-electron chi connectivity index (χ0n) is 9.22. The van der Waals surface area contributed by atoms with Gasteiger partial charge in [0.15, 0.2) is 0 Å². The topological polar surface area (TPSA) is 21.3 Å². The lowest BCUT2D eigenvalue weighted by Crippen LogP contribution is -2.45. The first-order valence-electron chi connectivity index (χ1n) is 5.40. The summed E-state index contributed by atoms with van der Waals surface area (Å²) in [6, 6.07) is 3.75. The van der Waals surface area contributed by atoms with Gasteiger partial charge in [-0.05, 0) is 26.0 Å². The molecule has 1 aromatic rings. The number of halogens is 2. The largest absolute Gasteiger partial charge is 0.381 e. The normalized spacial score (nSPS) is 19.7. The van der Waals surface area contributed by atoms with E-state index in [0.717, 1.165) is 6.07 Å². The maximum Gasteiger partial charge on any atom is 0.131 e. The van der Waals surface area contributed by atoms with Gasteiger partial charge in [-0.1, -0.05) is 6.07 Å². The second-order valence-electron chi connectivity index (χ2n) is 4.07. The van der Waals surface area contributed by atoms with Crippen molar-refractivity contribution in [3.8, 4) is 0 Å². The zero-order chi connectivity index (χ0) is 11.6. The molecular weight excluding hydrogens is 212 g/mol. The first-order valence-corrected chi connectivity index (χ1v) is 5.40. The molecule has 2 nitrogen and oxygen atoms in total. The summed E-state index contributed by atoms with van der Waals surface area (Å²) >= 11 is 0. The van der Waals surface area contributed by atoms with Crippen LogP contribution in [0.1, 0.15) is 18.4 Å². The van der Waals surface area contributed by atoms with Gasteiger partial charge >= 0.3 is 0 Å². The van der Waals surface area contributed by atoms with Crippen LogP contribution in [0.4, 0.5) is 8.78 Å². The van der Waals surface area contributed by atoms with Crippen molar-refractivity contribution in [2.75, 3.05) is 20.3 Å². The van der Waals surface area contributed by atoms with Gasteiger partial charge in [0.25, 0.3) is 0 Å². The maximum absolute atomic E-state index is 13.7. The highest BCUT2D eigenvalue weighted by atomic mass is 19.1. The van der Waals surface area contributed by atoms with Gasteiger partial charge in [0, 0.05) is 24.8 Å². The molecule has 16 heavy (non-hydrogen) atoms. The number of benzene rings is 1. The fourth-order valence-electron chi connectivity index (χ4n) is 2.25. The average molecular weight is 227 g/mol. The first-order chi connectivity index (χ1) is 7.68. The molecule has 2 rings (SSSR count). The Morgan fingerprint density at radius 1 is 1.25 bits per heavy atom. The quantitative estimate of drug-likeness (QED) is 0.836. The van der Waals surface area contributed by atoms with Crippen molar-refractivity contribution in [2.45, 2.75) is 18.4 Å². The van der Waals surface area contributed by atoms with Gasteiger partial charge in [0.1, 0.15) is 11.6 Å². The number of hydrogen-bond acceptors (Lipinski definition) is 2. The van der Waals surface area contributed by atoms with Gasteiger partial charge in [0.2, 0.25) is 0 Å². The summed E-state index contributed by atoms with van der Waals surface area (Å²) in [5.74, 6) is -1.03. The van der Waals surface area contributed by atoms with Gasteiger partial charge in [-0.3, -0.25) is 0 Å². The molecule has 0 bridgehead atoms. The predicted octanol–water partition coefficient (Wildman–Crippen LogP) is 2.19. The molecule has 0 saturated carbocycles. The fourth-order valence-corrected chi connectivity index (χ4v) is 2.25. The van der Waals surface area contributed by atoms with Crippen LogP contribution >= 0.6 is 0 Å². The van der Waals surface area contributed by atoms with Crippen molar-refractivity contribution >= 4 is 0 Å². The molecular formula is C12H15F2NO. The lowest BCUT2D eigenvalue weighted by atomic mass is 9.82. The second kappa shape index (κ2) is 4.47. The minimum atomic E-state index is -0.542. The van der Waals surface area contributed by atoms with Crippen LogP contribution in [0, 0.1) is 11.6 Å². The summed E-state index contributed by atoms with van der Waals surface area (Å²) in [4.78, 5) is 0. The summed E-state index contributed by atoms with van der Waals surface area (Å²) in [6.45, 7) is 1.19. The minimum Gasteiger partial charge on any atom is -0.381 e. The molecule has 0 radical (unpaired) electrons. The van der Waals surface area contributed by atoms with Crippen LogP contribution in [-0.4, -0.2) is 20.3 Å². The predicted molar refractivity (Wildman–Crippen MR) is 57.1 cm³/mol. The molecule has 1 heterocycles. The third-order valence-electron chi connectivity index (χ3n) is 3.27. The van der Waals surface area contributed by atoms with Crippen molar-refractivity contribution in [3.63, 3.8) is 0 Å². The number of ether oxygens (including phenoxy) is 1. The van der Waals surface area contributed by atoms with Crippen LogP contribution in [0.3, 0.4) is 0 Å². The van der Waals surface area contributed by atoms with Crippen LogP contribution < -0.4 is 5.32 Å². The second-order valence-corrected chi connectivity index (χ2v) is 4.07. The van der Waals surface area contributed by atoms with E-state index < -0.39 is 17.2 Å². The fraction of sp³-hybridized carbons (Fsp3) is 0.500. The standard InChI is InChI=1S/C12H15F2NO/c1-15-12(4-6-16-7-5-12)10-3-2-9(13)8-11(10)14/h2-3,8,15H,4-7H2,1H3. The van der Waals surface area contributed by atoms with Crippen molar-refractivity contribution in [1.82, 2.24) is 5.32 Å². The molecule has 1 N–H and O–H groups in total. The summed E-state index contributed by atoms with van der Waals surface area (Å²) in [7, 11) is 1.80. The zero-order valence-corrected chi connectivity index (χ0v) is 9.22. The maximum atomic E-state index is 13.7. The van der Waals surface area contributed by atoms with Crippen molar-refractivity contribution < 1.29 is 13.5 Å². The average Bonchev–Trinajstić information content (AvgIpc) is 2.30. The van der Waals surface area contributed by atoms with E-state index in [0.29, 0.717) is 31.6 Å². The van der Waals surface area contributed by atoms with Crippen LogP contribution in [0.15, 0.2) is 18.2 Å². The summed E-state index contributed by atoms with van der Waals surface area (Å²) in [6.07, 6.45) is 1.40. The van der Waals surface area contributed by atoms with E-state index in [-0.39, 0.29) is 0 Å². The Labute approximate surface area is 93.6 Å². The Bertz CT molecular complexity index is 375. The Morgan fingerprint density at radius 3 is 2.50 bits per heavy atom. The van der Waals surface area contributed by atoms with Crippen LogP contribution in [0.5, 0.6) is 0 Å². The highest BCUT2D eigenvalue weighted by Gasteiger charge is 2.34. The molecule has 1 fully saturated rings. The van der Waals surface area contributed by atoms with Crippen molar-refractivity contribution in [1.29, 1.82) is 0 Å². The van der Waals surface area contributed by atoms with E-state index in [2.05, 4.69) is 5.32 Å². The summed E-state index contributed by atoms with van der Waals surface area (Å²) < 4.78 is 31.9. The van der Waals surface area contributed by atoms with E-state index >= 15 is 0 Å². The number of rotatable bonds is 2. The molecule has 0 aromatic heterocycles. The molecule has 1 aromatic carbocycles. The Morgan fingerprint density at radius 2 is 1.94 bits per heavy atom. The Hall–Kier alpha value is -1.00. The Kier molecular flexibility index (Phi) is 3.21. The van der Waals surface area contributed by atoms with Crippen LogP contribution in [0.25, 0.3) is 0 Å². The van der Waals surface area contributed by atoms with E-state index in [1.54, 1.807) is 7.05 Å². The lowest BCUT2D eigenvalue weighted by molar-refractivity contribution is 0.0384. The van der Waals surface area contributed by atoms with Gasteiger partial charge in [-0.2, -0.15) is 0 Å². The molecule has 1 aliphatic heterocycles. The summed E-state index contributed by atoms with van der Waals surface area (Å²) in [5, 5.41) is 3.15. The highest BCUT2D eigenvalue weighted by molar-refractivity contribution is 5.27. The van der Waals surface area contributed by atoms with Gasteiger partial charge in [-0.25, -0.2) is 8.78 Å². The van der Waals surface area contributed by atoms with Crippen molar-refractivity contribution in [2.24, 2.45) is 0 Å². The van der Waals surface area contributed by atoms with E-state index in [9.17, 15) is 8.78 Å². The van der Waals surface area contributed by atoms with Crippen molar-refractivity contribution in [3.05, 3.63) is 35.4 Å². The smallest absolute Gasteiger partial charge is 0.131 e. The first kappa shape index (κ1) is 11.5. The van der Waals surface area contributed by atoms with E-state index in [1.807, 2.05) is 0 Å². The highest BCUT2D eigenvalue weighted by Crippen LogP contribution is 2.33. The molecule has 4 heteroatoms. The Balaban J connectivity index is 2.39. The third-order valence-corrected chi connectivity index (χ3v) is 3.27. The lowest BCUT2D eigenvalue weighted by Gasteiger charge is -2.37. The molecule has 0 spiro atoms. The molecule has 0 amide bonds. The summed E-state index contributed by atoms with van der Waals surface area (Å²) in [5.41, 5.74) is 0.107. The van der Waals surface area contributed by atoms with Crippen LogP contribution in [0.2, 0.25) is 0 Å². The van der Waals surface area contributed by atoms with Gasteiger partial charge in [0.05, 0.1) is 5.54 Å². The third kappa shape index (κ3) is 1.95. The van der Waals surface area contributed by atoms with E-state index in [1.165, 1.54) is 12.1 Å². The van der Waals surface area contributed by atoms with E-state index in [4.69, 9.17) is 4.74 Å². The monoisotopic (exact) mass is 227 g/mol. The molecule has 0 aliphatic carbocycles. The van der Waals surface area contributed by atoms with Crippen LogP contribution in [-0.2, 0) is 10.3 Å². The van der Waals surface area contributed by atoms with Gasteiger partial charge < -0.3 is 10.1 Å². The molecule has 88 valence electrons. The minimum absolute atomic E-state index is 0.421. The molecule has 0 atom stereocenters.